The van der Waals surface area contributed by atoms with Crippen LogP contribution in [0.25, 0.3) is 0 Å². The van der Waals surface area contributed by atoms with Crippen LogP contribution in [0.2, 0.25) is 5.02 Å². The number of hydrogen-bond donors (Lipinski definition) is 1. The Hall–Kier alpha value is -1.13. The molecule has 5 heteroatoms. The number of benzene rings is 1. The van der Waals surface area contributed by atoms with Crippen molar-refractivity contribution >= 4 is 17.6 Å². The zero-order valence-corrected chi connectivity index (χ0v) is 9.63. The van der Waals surface area contributed by atoms with Crippen LogP contribution in [-0.4, -0.2) is 18.6 Å². The van der Waals surface area contributed by atoms with Crippen molar-refractivity contribution in [3.63, 3.8) is 0 Å². The van der Waals surface area contributed by atoms with E-state index in [0.717, 1.165) is 0 Å². The maximum Gasteiger partial charge on any atom is 0.323 e. The van der Waals surface area contributed by atoms with Gasteiger partial charge in [0.15, 0.2) is 0 Å². The third-order valence-corrected chi connectivity index (χ3v) is 2.34. The summed E-state index contributed by atoms with van der Waals surface area (Å²) in [5.41, 5.74) is 6.21. The summed E-state index contributed by atoms with van der Waals surface area (Å²) >= 11 is 5.53. The second-order valence-corrected chi connectivity index (χ2v) is 3.72. The highest BCUT2D eigenvalue weighted by atomic mass is 35.5. The smallest absolute Gasteiger partial charge is 0.323 e. The van der Waals surface area contributed by atoms with Crippen molar-refractivity contribution < 1.29 is 13.9 Å². The number of hydrogen-bond acceptors (Lipinski definition) is 3. The standard InChI is InChI=1S/C11H13ClFNO2/c1-2-16-11(15)10(14)6-7-3-4-8(12)9(13)5-7/h3-5,10H,2,6,14H2,1H3/t10-/m1/s1. The van der Waals surface area contributed by atoms with Gasteiger partial charge in [-0.3, -0.25) is 4.79 Å². The lowest BCUT2D eigenvalue weighted by Crippen LogP contribution is -2.34. The molecule has 0 spiro atoms. The summed E-state index contributed by atoms with van der Waals surface area (Å²) in [5.74, 6) is -1.01. The largest absolute Gasteiger partial charge is 0.465 e. The minimum Gasteiger partial charge on any atom is -0.465 e. The number of rotatable bonds is 4. The van der Waals surface area contributed by atoms with Gasteiger partial charge in [-0.2, -0.15) is 0 Å². The molecule has 0 aliphatic carbocycles. The van der Waals surface area contributed by atoms with Crippen molar-refractivity contribution in [1.29, 1.82) is 0 Å². The molecule has 16 heavy (non-hydrogen) atoms. The van der Waals surface area contributed by atoms with E-state index in [1.165, 1.54) is 12.1 Å². The SMILES string of the molecule is CCOC(=O)[C@H](N)Cc1ccc(Cl)c(F)c1. The molecule has 1 rings (SSSR count). The van der Waals surface area contributed by atoms with Gasteiger partial charge < -0.3 is 10.5 Å². The number of nitrogens with two attached hydrogens (primary N) is 1. The Kier molecular flexibility index (Phi) is 4.71. The molecule has 1 aromatic rings. The van der Waals surface area contributed by atoms with E-state index >= 15 is 0 Å². The molecule has 0 radical (unpaired) electrons. The van der Waals surface area contributed by atoms with Crippen LogP contribution in [0.3, 0.4) is 0 Å². The van der Waals surface area contributed by atoms with Gasteiger partial charge in [-0.05, 0) is 31.0 Å². The summed E-state index contributed by atoms with van der Waals surface area (Å²) in [5, 5.41) is 0.0495. The molecule has 1 aromatic carbocycles. The lowest BCUT2D eigenvalue weighted by Gasteiger charge is -2.10. The van der Waals surface area contributed by atoms with Gasteiger partial charge in [0.25, 0.3) is 0 Å². The van der Waals surface area contributed by atoms with E-state index in [4.69, 9.17) is 22.1 Å². The third kappa shape index (κ3) is 3.47. The van der Waals surface area contributed by atoms with E-state index in [9.17, 15) is 9.18 Å². The van der Waals surface area contributed by atoms with Gasteiger partial charge in [0.05, 0.1) is 11.6 Å². The molecular formula is C11H13ClFNO2. The summed E-state index contributed by atoms with van der Waals surface area (Å²) in [4.78, 5) is 11.2. The van der Waals surface area contributed by atoms with Crippen molar-refractivity contribution in [2.75, 3.05) is 6.61 Å². The van der Waals surface area contributed by atoms with Crippen molar-refractivity contribution in [2.45, 2.75) is 19.4 Å². The molecule has 0 saturated heterocycles. The first-order valence-corrected chi connectivity index (χ1v) is 5.28. The Labute approximate surface area is 98.3 Å². The fourth-order valence-electron chi connectivity index (χ4n) is 1.25. The molecule has 0 saturated carbocycles. The molecular weight excluding hydrogens is 233 g/mol. The lowest BCUT2D eigenvalue weighted by molar-refractivity contribution is -0.144. The molecule has 0 unspecified atom stereocenters. The zero-order valence-electron chi connectivity index (χ0n) is 8.87. The molecule has 2 N–H and O–H groups in total. The highest BCUT2D eigenvalue weighted by molar-refractivity contribution is 6.30. The van der Waals surface area contributed by atoms with E-state index in [1.54, 1.807) is 13.0 Å². The molecule has 0 aliphatic rings. The van der Waals surface area contributed by atoms with Crippen LogP contribution in [0.1, 0.15) is 12.5 Å². The zero-order chi connectivity index (χ0) is 12.1. The van der Waals surface area contributed by atoms with Crippen LogP contribution in [0.15, 0.2) is 18.2 Å². The monoisotopic (exact) mass is 245 g/mol. The first kappa shape index (κ1) is 12.9. The molecule has 0 fully saturated rings. The number of esters is 1. The maximum absolute atomic E-state index is 13.1. The fourth-order valence-corrected chi connectivity index (χ4v) is 1.37. The second-order valence-electron chi connectivity index (χ2n) is 3.31. The van der Waals surface area contributed by atoms with Gasteiger partial charge in [-0.25, -0.2) is 4.39 Å². The highest BCUT2D eigenvalue weighted by Crippen LogP contribution is 2.16. The normalized spacial score (nSPS) is 12.2. The van der Waals surface area contributed by atoms with Crippen LogP contribution in [0, 0.1) is 5.82 Å². The van der Waals surface area contributed by atoms with E-state index in [2.05, 4.69) is 0 Å². The summed E-state index contributed by atoms with van der Waals surface area (Å²) < 4.78 is 17.8. The van der Waals surface area contributed by atoms with E-state index in [1.807, 2.05) is 0 Å². The molecule has 1 atom stereocenters. The quantitative estimate of drug-likeness (QED) is 0.825. The van der Waals surface area contributed by atoms with Crippen LogP contribution in [-0.2, 0) is 16.0 Å². The molecule has 0 aromatic heterocycles. The second kappa shape index (κ2) is 5.82. The Balaban J connectivity index is 2.66. The van der Waals surface area contributed by atoms with Gasteiger partial charge in [0, 0.05) is 0 Å². The highest BCUT2D eigenvalue weighted by Gasteiger charge is 2.15. The number of ether oxygens (including phenoxy) is 1. The average molecular weight is 246 g/mol. The van der Waals surface area contributed by atoms with E-state index < -0.39 is 17.8 Å². The van der Waals surface area contributed by atoms with Gasteiger partial charge in [0.2, 0.25) is 0 Å². The van der Waals surface area contributed by atoms with Crippen LogP contribution in [0.4, 0.5) is 4.39 Å². The average Bonchev–Trinajstić information content (AvgIpc) is 2.24. The van der Waals surface area contributed by atoms with Crippen LogP contribution < -0.4 is 5.73 Å². The first-order valence-electron chi connectivity index (χ1n) is 4.90. The van der Waals surface area contributed by atoms with Crippen molar-refractivity contribution in [3.8, 4) is 0 Å². The summed E-state index contributed by atoms with van der Waals surface area (Å²) in [6.07, 6.45) is 0.229. The van der Waals surface area contributed by atoms with Crippen molar-refractivity contribution in [3.05, 3.63) is 34.6 Å². The molecule has 88 valence electrons. The number of carbonyl (C=O) groups is 1. The predicted octanol–water partition coefficient (Wildman–Crippen LogP) is 1.91. The molecule has 0 heterocycles. The Morgan fingerprint density at radius 2 is 2.31 bits per heavy atom. The predicted molar refractivity (Wildman–Crippen MR) is 59.7 cm³/mol. The lowest BCUT2D eigenvalue weighted by atomic mass is 10.1. The molecule has 3 nitrogen and oxygen atoms in total. The summed E-state index contributed by atoms with van der Waals surface area (Å²) in [7, 11) is 0. The van der Waals surface area contributed by atoms with Crippen molar-refractivity contribution in [1.82, 2.24) is 0 Å². The summed E-state index contributed by atoms with van der Waals surface area (Å²) in [6, 6.07) is 3.55. The van der Waals surface area contributed by atoms with E-state index in [0.29, 0.717) is 5.56 Å². The molecule has 0 amide bonds. The minimum atomic E-state index is -0.777. The van der Waals surface area contributed by atoms with Crippen molar-refractivity contribution in [2.24, 2.45) is 5.73 Å². The number of carbonyl (C=O) groups excluding carboxylic acids is 1. The van der Waals surface area contributed by atoms with Gasteiger partial charge in [-0.1, -0.05) is 17.7 Å². The molecule has 0 aliphatic heterocycles. The summed E-state index contributed by atoms with van der Waals surface area (Å²) in [6.45, 7) is 1.98. The maximum atomic E-state index is 13.1. The topological polar surface area (TPSA) is 52.3 Å². The van der Waals surface area contributed by atoms with Gasteiger partial charge in [0.1, 0.15) is 11.9 Å². The van der Waals surface area contributed by atoms with Crippen LogP contribution in [0.5, 0.6) is 0 Å². The Morgan fingerprint density at radius 1 is 1.62 bits per heavy atom. The van der Waals surface area contributed by atoms with Gasteiger partial charge in [-0.15, -0.1) is 0 Å². The minimum absolute atomic E-state index is 0.0495. The third-order valence-electron chi connectivity index (χ3n) is 2.03. The van der Waals surface area contributed by atoms with Crippen LogP contribution >= 0.6 is 11.6 Å². The Morgan fingerprint density at radius 3 is 2.88 bits per heavy atom. The van der Waals surface area contributed by atoms with E-state index in [-0.39, 0.29) is 18.1 Å². The molecule has 0 bridgehead atoms. The first-order chi connectivity index (χ1) is 7.54. The number of halogens is 2. The van der Waals surface area contributed by atoms with Gasteiger partial charge >= 0.3 is 5.97 Å². The fraction of sp³-hybridized carbons (Fsp3) is 0.364. The Bertz CT molecular complexity index is 384.